The van der Waals surface area contributed by atoms with Crippen molar-refractivity contribution in [3.8, 4) is 0 Å². The summed E-state index contributed by atoms with van der Waals surface area (Å²) in [6.07, 6.45) is 2.27. The molecule has 1 aliphatic heterocycles. The van der Waals surface area contributed by atoms with E-state index in [0.29, 0.717) is 18.6 Å². The molecule has 0 saturated carbocycles. The number of Topliss-reactive ketones (excluding diaryl/α,β-unsaturated/α-hetero) is 1. The summed E-state index contributed by atoms with van der Waals surface area (Å²) in [5.74, 6) is -0.495. The predicted octanol–water partition coefficient (Wildman–Crippen LogP) is 3.90. The van der Waals surface area contributed by atoms with E-state index in [1.807, 2.05) is 6.92 Å². The molecule has 3 rings (SSSR count). The summed E-state index contributed by atoms with van der Waals surface area (Å²) < 4.78 is 5.30. The van der Waals surface area contributed by atoms with Crippen molar-refractivity contribution in [1.82, 2.24) is 5.32 Å². The number of rotatable bonds is 3. The molecule has 0 fully saturated rings. The summed E-state index contributed by atoms with van der Waals surface area (Å²) >= 11 is 1.70. The van der Waals surface area contributed by atoms with Crippen LogP contribution >= 0.6 is 11.3 Å². The zero-order chi connectivity index (χ0) is 17.4. The van der Waals surface area contributed by atoms with Gasteiger partial charge < -0.3 is 10.1 Å². The van der Waals surface area contributed by atoms with E-state index in [0.717, 1.165) is 40.2 Å². The standard InChI is InChI=1S/C19H23NO3S/c1-5-23-19(22)16-11(3)20-14-7-6-8-15(21)18(14)17(16)13-9-10(2)24-12(13)4/h9,17,20H,5-8H2,1-4H3/t17-/m0/s1. The average molecular weight is 345 g/mol. The summed E-state index contributed by atoms with van der Waals surface area (Å²) in [7, 11) is 0. The molecule has 1 atom stereocenters. The normalized spacial score (nSPS) is 20.8. The van der Waals surface area contributed by atoms with Crippen LogP contribution in [-0.2, 0) is 14.3 Å². The minimum Gasteiger partial charge on any atom is -0.463 e. The number of esters is 1. The number of dihydropyridines is 1. The number of thiophene rings is 1. The van der Waals surface area contributed by atoms with Gasteiger partial charge in [0.2, 0.25) is 0 Å². The topological polar surface area (TPSA) is 55.4 Å². The first-order valence-corrected chi connectivity index (χ1v) is 9.23. The number of aryl methyl sites for hydroxylation is 2. The summed E-state index contributed by atoms with van der Waals surface area (Å²) in [6.45, 7) is 8.14. The highest BCUT2D eigenvalue weighted by Gasteiger charge is 2.39. The van der Waals surface area contributed by atoms with Crippen LogP contribution in [0.3, 0.4) is 0 Å². The third-order valence-electron chi connectivity index (χ3n) is 4.66. The van der Waals surface area contributed by atoms with Crippen molar-refractivity contribution in [3.05, 3.63) is 43.9 Å². The van der Waals surface area contributed by atoms with Crippen LogP contribution in [0, 0.1) is 13.8 Å². The van der Waals surface area contributed by atoms with Crippen molar-refractivity contribution in [2.75, 3.05) is 6.61 Å². The van der Waals surface area contributed by atoms with E-state index in [4.69, 9.17) is 4.74 Å². The summed E-state index contributed by atoms with van der Waals surface area (Å²) in [4.78, 5) is 27.7. The van der Waals surface area contributed by atoms with Crippen LogP contribution in [0.15, 0.2) is 28.6 Å². The molecule has 0 aromatic carbocycles. The SMILES string of the molecule is CCOC(=O)C1=C(C)NC2=C(C(=O)CCC2)[C@H]1c1cc(C)sc1C. The van der Waals surface area contributed by atoms with Gasteiger partial charge in [0, 0.05) is 39.1 Å². The van der Waals surface area contributed by atoms with E-state index >= 15 is 0 Å². The lowest BCUT2D eigenvalue weighted by molar-refractivity contribution is -0.138. The van der Waals surface area contributed by atoms with Crippen LogP contribution in [0.2, 0.25) is 0 Å². The Morgan fingerprint density at radius 1 is 1.33 bits per heavy atom. The zero-order valence-corrected chi connectivity index (χ0v) is 15.4. The molecule has 2 aliphatic rings. The van der Waals surface area contributed by atoms with Crippen LogP contribution in [-0.4, -0.2) is 18.4 Å². The molecule has 24 heavy (non-hydrogen) atoms. The fourth-order valence-electron chi connectivity index (χ4n) is 3.71. The monoisotopic (exact) mass is 345 g/mol. The first kappa shape index (κ1) is 17.0. The number of carbonyl (C=O) groups excluding carboxylic acids is 2. The quantitative estimate of drug-likeness (QED) is 0.844. The van der Waals surface area contributed by atoms with Crippen molar-refractivity contribution in [1.29, 1.82) is 0 Å². The van der Waals surface area contributed by atoms with Gasteiger partial charge in [-0.1, -0.05) is 0 Å². The lowest BCUT2D eigenvalue weighted by Gasteiger charge is -2.34. The Bertz CT molecular complexity index is 770. The van der Waals surface area contributed by atoms with Gasteiger partial charge in [0.1, 0.15) is 0 Å². The molecule has 0 radical (unpaired) electrons. The highest BCUT2D eigenvalue weighted by molar-refractivity contribution is 7.12. The van der Waals surface area contributed by atoms with Crippen LogP contribution in [0.1, 0.15) is 54.3 Å². The number of ether oxygens (including phenoxy) is 1. The number of hydrogen-bond donors (Lipinski definition) is 1. The highest BCUT2D eigenvalue weighted by Crippen LogP contribution is 2.44. The van der Waals surface area contributed by atoms with Gasteiger partial charge in [-0.2, -0.15) is 0 Å². The van der Waals surface area contributed by atoms with Crippen molar-refractivity contribution in [2.45, 2.75) is 52.9 Å². The van der Waals surface area contributed by atoms with Crippen LogP contribution in [0.4, 0.5) is 0 Å². The third kappa shape index (κ3) is 2.81. The molecule has 0 amide bonds. The fourth-order valence-corrected chi connectivity index (χ4v) is 4.67. The second-order valence-corrected chi connectivity index (χ2v) is 7.82. The summed E-state index contributed by atoms with van der Waals surface area (Å²) in [6, 6.07) is 2.11. The fraction of sp³-hybridized carbons (Fsp3) is 0.474. The van der Waals surface area contributed by atoms with Gasteiger partial charge in [0.15, 0.2) is 5.78 Å². The van der Waals surface area contributed by atoms with Gasteiger partial charge in [-0.25, -0.2) is 4.79 Å². The number of carbonyl (C=O) groups is 2. The van der Waals surface area contributed by atoms with Gasteiger partial charge in [0.25, 0.3) is 0 Å². The molecule has 0 spiro atoms. The van der Waals surface area contributed by atoms with E-state index < -0.39 is 0 Å². The Morgan fingerprint density at radius 3 is 2.71 bits per heavy atom. The molecule has 0 saturated heterocycles. The first-order valence-electron chi connectivity index (χ1n) is 8.42. The van der Waals surface area contributed by atoms with E-state index in [2.05, 4.69) is 25.2 Å². The Morgan fingerprint density at radius 2 is 2.08 bits per heavy atom. The van der Waals surface area contributed by atoms with Crippen LogP contribution in [0.5, 0.6) is 0 Å². The van der Waals surface area contributed by atoms with Crippen molar-refractivity contribution in [3.63, 3.8) is 0 Å². The molecular formula is C19H23NO3S. The number of ketones is 1. The molecule has 0 bridgehead atoms. The maximum atomic E-state index is 12.7. The Hall–Kier alpha value is -1.88. The number of nitrogens with one attached hydrogen (secondary N) is 1. The van der Waals surface area contributed by atoms with Gasteiger partial charge in [0.05, 0.1) is 12.2 Å². The minimum atomic E-state index is -0.333. The molecule has 1 aromatic heterocycles. The maximum Gasteiger partial charge on any atom is 0.336 e. The van der Waals surface area contributed by atoms with Crippen LogP contribution < -0.4 is 5.32 Å². The Labute approximate surface area is 146 Å². The van der Waals surface area contributed by atoms with E-state index in [1.54, 1.807) is 18.3 Å². The molecule has 0 unspecified atom stereocenters. The molecular weight excluding hydrogens is 322 g/mol. The number of hydrogen-bond acceptors (Lipinski definition) is 5. The lowest BCUT2D eigenvalue weighted by atomic mass is 9.75. The number of allylic oxidation sites excluding steroid dienone is 3. The predicted molar refractivity (Wildman–Crippen MR) is 94.9 cm³/mol. The van der Waals surface area contributed by atoms with Crippen molar-refractivity contribution in [2.24, 2.45) is 0 Å². The zero-order valence-electron chi connectivity index (χ0n) is 14.6. The molecule has 1 aliphatic carbocycles. The van der Waals surface area contributed by atoms with E-state index in [-0.39, 0.29) is 17.7 Å². The summed E-state index contributed by atoms with van der Waals surface area (Å²) in [5, 5.41) is 3.31. The van der Waals surface area contributed by atoms with E-state index in [1.165, 1.54) is 4.88 Å². The van der Waals surface area contributed by atoms with Gasteiger partial charge in [-0.3, -0.25) is 4.79 Å². The summed E-state index contributed by atoms with van der Waals surface area (Å²) in [5.41, 5.74) is 4.17. The highest BCUT2D eigenvalue weighted by atomic mass is 32.1. The minimum absolute atomic E-state index is 0.145. The van der Waals surface area contributed by atoms with Crippen molar-refractivity contribution >= 4 is 23.1 Å². The molecule has 1 N–H and O–H groups in total. The first-order chi connectivity index (χ1) is 11.4. The molecule has 5 heteroatoms. The molecule has 128 valence electrons. The largest absolute Gasteiger partial charge is 0.463 e. The van der Waals surface area contributed by atoms with Gasteiger partial charge >= 0.3 is 5.97 Å². The van der Waals surface area contributed by atoms with Crippen molar-refractivity contribution < 1.29 is 14.3 Å². The third-order valence-corrected chi connectivity index (χ3v) is 5.64. The lowest BCUT2D eigenvalue weighted by Crippen LogP contribution is -2.34. The molecule has 1 aromatic rings. The maximum absolute atomic E-state index is 12.7. The second kappa shape index (κ2) is 6.55. The molecule has 4 nitrogen and oxygen atoms in total. The van der Waals surface area contributed by atoms with Gasteiger partial charge in [-0.15, -0.1) is 11.3 Å². The smallest absolute Gasteiger partial charge is 0.336 e. The Balaban J connectivity index is 2.19. The van der Waals surface area contributed by atoms with Gasteiger partial charge in [-0.05, 0) is 52.2 Å². The van der Waals surface area contributed by atoms with E-state index in [9.17, 15) is 9.59 Å². The van der Waals surface area contributed by atoms with Crippen LogP contribution in [0.25, 0.3) is 0 Å². The average Bonchev–Trinajstić information content (AvgIpc) is 2.84. The molecule has 2 heterocycles. The second-order valence-electron chi connectivity index (χ2n) is 6.35. The Kier molecular flexibility index (Phi) is 4.63.